The average molecular weight is 387 g/mol. The van der Waals surface area contributed by atoms with Gasteiger partial charge in [0.05, 0.1) is 0 Å². The van der Waals surface area contributed by atoms with Crippen LogP contribution in [0.2, 0.25) is 5.02 Å². The Morgan fingerprint density at radius 3 is 2.26 bits per heavy atom. The lowest BCUT2D eigenvalue weighted by Gasteiger charge is -2.31. The first-order valence-corrected chi connectivity index (χ1v) is 9.78. The molecule has 0 unspecified atom stereocenters. The van der Waals surface area contributed by atoms with Gasteiger partial charge in [-0.15, -0.1) is 0 Å². The molecule has 0 fully saturated rings. The van der Waals surface area contributed by atoms with E-state index >= 15 is 0 Å². The van der Waals surface area contributed by atoms with Crippen LogP contribution in [0.1, 0.15) is 37.8 Å². The molecule has 1 atom stereocenters. The molecule has 0 aliphatic carbocycles. The molecular formula is C22H27ClN2O2. The van der Waals surface area contributed by atoms with Gasteiger partial charge in [-0.2, -0.15) is 0 Å². The molecule has 2 aromatic rings. The van der Waals surface area contributed by atoms with Crippen molar-refractivity contribution in [2.45, 2.75) is 45.7 Å². The molecular weight excluding hydrogens is 360 g/mol. The number of hydrogen-bond acceptors (Lipinski definition) is 2. The molecule has 0 saturated carbocycles. The van der Waals surface area contributed by atoms with Gasteiger partial charge in [-0.3, -0.25) is 9.59 Å². The van der Waals surface area contributed by atoms with E-state index in [0.717, 1.165) is 17.5 Å². The molecule has 2 amide bonds. The van der Waals surface area contributed by atoms with Crippen LogP contribution in [0.15, 0.2) is 54.6 Å². The third kappa shape index (κ3) is 6.40. The monoisotopic (exact) mass is 386 g/mol. The van der Waals surface area contributed by atoms with Crippen molar-refractivity contribution in [2.24, 2.45) is 0 Å². The van der Waals surface area contributed by atoms with Crippen molar-refractivity contribution < 1.29 is 9.59 Å². The van der Waals surface area contributed by atoms with Gasteiger partial charge >= 0.3 is 0 Å². The molecule has 0 spiro atoms. The van der Waals surface area contributed by atoms with Crippen LogP contribution in [-0.2, 0) is 22.6 Å². The molecule has 27 heavy (non-hydrogen) atoms. The minimum absolute atomic E-state index is 0.0142. The van der Waals surface area contributed by atoms with Crippen molar-refractivity contribution in [1.29, 1.82) is 0 Å². The number of likely N-dealkylation sites (N-methyl/N-ethyl adjacent to an activating group) is 1. The topological polar surface area (TPSA) is 49.4 Å². The fraction of sp³-hybridized carbons (Fsp3) is 0.364. The van der Waals surface area contributed by atoms with Crippen LogP contribution in [0.5, 0.6) is 0 Å². The number of hydrogen-bond donors (Lipinski definition) is 1. The number of benzene rings is 2. The molecule has 0 aliphatic heterocycles. The van der Waals surface area contributed by atoms with Gasteiger partial charge in [0.25, 0.3) is 0 Å². The van der Waals surface area contributed by atoms with Gasteiger partial charge in [-0.1, -0.05) is 61.0 Å². The van der Waals surface area contributed by atoms with E-state index in [0.29, 0.717) is 31.0 Å². The standard InChI is InChI=1S/C22H27ClN2O2/c1-3-8-21(26)25(16-18-11-13-19(23)14-12-18)20(22(27)24-4-2)15-17-9-6-5-7-10-17/h5-7,9-14,20H,3-4,8,15-16H2,1-2H3,(H,24,27)/t20-/m0/s1. The van der Waals surface area contributed by atoms with Crippen molar-refractivity contribution in [2.75, 3.05) is 6.54 Å². The lowest BCUT2D eigenvalue weighted by Crippen LogP contribution is -2.50. The van der Waals surface area contributed by atoms with E-state index in [1.54, 1.807) is 17.0 Å². The second kappa shape index (κ2) is 10.7. The summed E-state index contributed by atoms with van der Waals surface area (Å²) in [7, 11) is 0. The Kier molecular flexibility index (Phi) is 8.34. The highest BCUT2D eigenvalue weighted by molar-refractivity contribution is 6.30. The fourth-order valence-corrected chi connectivity index (χ4v) is 3.12. The number of nitrogens with one attached hydrogen (secondary N) is 1. The van der Waals surface area contributed by atoms with Crippen molar-refractivity contribution in [3.63, 3.8) is 0 Å². The van der Waals surface area contributed by atoms with E-state index in [2.05, 4.69) is 5.32 Å². The van der Waals surface area contributed by atoms with E-state index in [1.165, 1.54) is 0 Å². The first-order valence-electron chi connectivity index (χ1n) is 9.40. The Balaban J connectivity index is 2.33. The number of amides is 2. The largest absolute Gasteiger partial charge is 0.355 e. The summed E-state index contributed by atoms with van der Waals surface area (Å²) in [5, 5.41) is 3.53. The lowest BCUT2D eigenvalue weighted by atomic mass is 10.0. The number of halogens is 1. The summed E-state index contributed by atoms with van der Waals surface area (Å²) in [5.74, 6) is -0.139. The maximum atomic E-state index is 12.9. The summed E-state index contributed by atoms with van der Waals surface area (Å²) in [5.41, 5.74) is 1.98. The van der Waals surface area contributed by atoms with Crippen molar-refractivity contribution in [3.8, 4) is 0 Å². The maximum absolute atomic E-state index is 12.9. The minimum Gasteiger partial charge on any atom is -0.355 e. The van der Waals surface area contributed by atoms with Crippen LogP contribution in [0, 0.1) is 0 Å². The highest BCUT2D eigenvalue weighted by Crippen LogP contribution is 2.17. The number of nitrogens with zero attached hydrogens (tertiary/aromatic N) is 1. The smallest absolute Gasteiger partial charge is 0.243 e. The summed E-state index contributed by atoms with van der Waals surface area (Å²) in [6.45, 7) is 4.76. The van der Waals surface area contributed by atoms with Gasteiger partial charge in [-0.05, 0) is 36.6 Å². The lowest BCUT2D eigenvalue weighted by molar-refractivity contribution is -0.141. The molecule has 0 aliphatic rings. The van der Waals surface area contributed by atoms with Gasteiger partial charge in [0, 0.05) is 31.0 Å². The van der Waals surface area contributed by atoms with Crippen LogP contribution in [0.25, 0.3) is 0 Å². The Morgan fingerprint density at radius 1 is 1.00 bits per heavy atom. The predicted octanol–water partition coefficient (Wildman–Crippen LogP) is 4.22. The molecule has 2 rings (SSSR count). The van der Waals surface area contributed by atoms with Crippen LogP contribution in [-0.4, -0.2) is 29.3 Å². The molecule has 0 heterocycles. The van der Waals surface area contributed by atoms with Gasteiger partial charge in [0.15, 0.2) is 0 Å². The van der Waals surface area contributed by atoms with E-state index in [1.807, 2.05) is 56.3 Å². The second-order valence-electron chi connectivity index (χ2n) is 6.50. The zero-order valence-electron chi connectivity index (χ0n) is 16.0. The van der Waals surface area contributed by atoms with Gasteiger partial charge < -0.3 is 10.2 Å². The molecule has 1 N–H and O–H groups in total. The fourth-order valence-electron chi connectivity index (χ4n) is 2.99. The Hall–Kier alpha value is -2.33. The molecule has 5 heteroatoms. The van der Waals surface area contributed by atoms with E-state index in [-0.39, 0.29) is 11.8 Å². The highest BCUT2D eigenvalue weighted by Gasteiger charge is 2.29. The Labute approximate surface area is 166 Å². The van der Waals surface area contributed by atoms with E-state index in [4.69, 9.17) is 11.6 Å². The highest BCUT2D eigenvalue weighted by atomic mass is 35.5. The summed E-state index contributed by atoms with van der Waals surface area (Å²) in [6.07, 6.45) is 1.64. The molecule has 4 nitrogen and oxygen atoms in total. The summed E-state index contributed by atoms with van der Waals surface area (Å²) in [6, 6.07) is 16.6. The van der Waals surface area contributed by atoms with Crippen molar-refractivity contribution in [1.82, 2.24) is 10.2 Å². The first kappa shape index (κ1) is 21.0. The van der Waals surface area contributed by atoms with Crippen LogP contribution < -0.4 is 5.32 Å². The normalized spacial score (nSPS) is 11.7. The molecule has 0 radical (unpaired) electrons. The number of carbonyl (C=O) groups is 2. The van der Waals surface area contributed by atoms with Crippen LogP contribution in [0.4, 0.5) is 0 Å². The number of carbonyl (C=O) groups excluding carboxylic acids is 2. The predicted molar refractivity (Wildman–Crippen MR) is 110 cm³/mol. The quantitative estimate of drug-likeness (QED) is 0.701. The molecule has 144 valence electrons. The van der Waals surface area contributed by atoms with Gasteiger partial charge in [0.2, 0.25) is 11.8 Å². The molecule has 0 saturated heterocycles. The summed E-state index contributed by atoms with van der Waals surface area (Å²) >= 11 is 5.98. The Bertz CT molecular complexity index is 732. The second-order valence-corrected chi connectivity index (χ2v) is 6.93. The van der Waals surface area contributed by atoms with Gasteiger partial charge in [0.1, 0.15) is 6.04 Å². The summed E-state index contributed by atoms with van der Waals surface area (Å²) < 4.78 is 0. The van der Waals surface area contributed by atoms with E-state index in [9.17, 15) is 9.59 Å². The Morgan fingerprint density at radius 2 is 1.67 bits per heavy atom. The minimum atomic E-state index is -0.554. The van der Waals surface area contributed by atoms with Crippen molar-refractivity contribution in [3.05, 3.63) is 70.7 Å². The SMILES string of the molecule is CCCC(=O)N(Cc1ccc(Cl)cc1)[C@@H](Cc1ccccc1)C(=O)NCC. The third-order valence-corrected chi connectivity index (χ3v) is 4.60. The molecule has 0 aromatic heterocycles. The molecule has 0 bridgehead atoms. The van der Waals surface area contributed by atoms with Crippen LogP contribution >= 0.6 is 11.6 Å². The van der Waals surface area contributed by atoms with Crippen LogP contribution in [0.3, 0.4) is 0 Å². The molecule has 2 aromatic carbocycles. The summed E-state index contributed by atoms with van der Waals surface area (Å²) in [4.78, 5) is 27.4. The van der Waals surface area contributed by atoms with E-state index < -0.39 is 6.04 Å². The van der Waals surface area contributed by atoms with Gasteiger partial charge in [-0.25, -0.2) is 0 Å². The number of rotatable bonds is 9. The zero-order chi connectivity index (χ0) is 19.6. The zero-order valence-corrected chi connectivity index (χ0v) is 16.7. The average Bonchev–Trinajstić information content (AvgIpc) is 2.67. The first-order chi connectivity index (χ1) is 13.0. The van der Waals surface area contributed by atoms with Crippen molar-refractivity contribution >= 4 is 23.4 Å². The third-order valence-electron chi connectivity index (χ3n) is 4.35. The maximum Gasteiger partial charge on any atom is 0.243 e.